The molecule has 0 amide bonds. The van der Waals surface area contributed by atoms with Crippen molar-refractivity contribution in [3.05, 3.63) is 17.0 Å². The fourth-order valence-corrected chi connectivity index (χ4v) is 3.51. The minimum atomic E-state index is -3.51. The average Bonchev–Trinajstić information content (AvgIpc) is 2.82. The molecule has 0 saturated carbocycles. The molecule has 0 saturated heterocycles. The van der Waals surface area contributed by atoms with Gasteiger partial charge in [0.05, 0.1) is 19.9 Å². The number of esters is 2. The number of hydrogen-bond donors (Lipinski definition) is 0. The monoisotopic (exact) mass is 302 g/mol. The molecule has 2 rings (SSSR count). The Labute approximate surface area is 115 Å². The SMILES string of the molecule is COC(=O)c1nn2c(c1C(=O)OC)C(C)(C)S(=O)(=O)C2. The summed E-state index contributed by atoms with van der Waals surface area (Å²) in [6, 6.07) is 0. The predicted octanol–water partition coefficient (Wildman–Crippen LogP) is 0.0773. The molecule has 0 bridgehead atoms. The van der Waals surface area contributed by atoms with Crippen molar-refractivity contribution in [2.75, 3.05) is 14.2 Å². The third kappa shape index (κ3) is 1.73. The first kappa shape index (κ1) is 14.5. The van der Waals surface area contributed by atoms with E-state index in [4.69, 9.17) is 0 Å². The van der Waals surface area contributed by atoms with E-state index in [0.717, 1.165) is 18.9 Å². The minimum Gasteiger partial charge on any atom is -0.465 e. The highest BCUT2D eigenvalue weighted by atomic mass is 32.2. The summed E-state index contributed by atoms with van der Waals surface area (Å²) in [6.45, 7) is 2.91. The summed E-state index contributed by atoms with van der Waals surface area (Å²) in [7, 11) is -1.22. The molecule has 2 heterocycles. The molecule has 0 atom stereocenters. The minimum absolute atomic E-state index is 0.143. The van der Waals surface area contributed by atoms with Crippen molar-refractivity contribution in [1.82, 2.24) is 9.78 Å². The molecule has 0 unspecified atom stereocenters. The van der Waals surface area contributed by atoms with E-state index in [1.807, 2.05) is 0 Å². The summed E-state index contributed by atoms with van der Waals surface area (Å²) in [4.78, 5) is 23.6. The van der Waals surface area contributed by atoms with Crippen LogP contribution in [0.15, 0.2) is 0 Å². The Kier molecular flexibility index (Phi) is 3.12. The summed E-state index contributed by atoms with van der Waals surface area (Å²) >= 11 is 0. The Balaban J connectivity index is 2.78. The average molecular weight is 302 g/mol. The van der Waals surface area contributed by atoms with Crippen molar-refractivity contribution in [3.63, 3.8) is 0 Å². The molecule has 1 aliphatic rings. The maximum atomic E-state index is 12.1. The fraction of sp³-hybridized carbons (Fsp3) is 0.545. The van der Waals surface area contributed by atoms with Gasteiger partial charge in [0.25, 0.3) is 0 Å². The number of ether oxygens (including phenoxy) is 2. The molecule has 110 valence electrons. The van der Waals surface area contributed by atoms with Crippen molar-refractivity contribution in [2.45, 2.75) is 24.5 Å². The van der Waals surface area contributed by atoms with Crippen LogP contribution in [0, 0.1) is 0 Å². The Morgan fingerprint density at radius 1 is 1.20 bits per heavy atom. The van der Waals surface area contributed by atoms with Crippen LogP contribution >= 0.6 is 0 Å². The Morgan fingerprint density at radius 2 is 1.75 bits per heavy atom. The van der Waals surface area contributed by atoms with Gasteiger partial charge in [0.1, 0.15) is 16.2 Å². The lowest BCUT2D eigenvalue weighted by molar-refractivity contribution is 0.0550. The molecule has 0 aromatic carbocycles. The molecule has 0 spiro atoms. The molecular formula is C11H14N2O6S. The number of rotatable bonds is 2. The van der Waals surface area contributed by atoms with Crippen molar-refractivity contribution in [3.8, 4) is 0 Å². The number of nitrogens with zero attached hydrogens (tertiary/aromatic N) is 2. The Morgan fingerprint density at radius 3 is 2.25 bits per heavy atom. The second-order valence-corrected chi connectivity index (χ2v) is 7.32. The van der Waals surface area contributed by atoms with Gasteiger partial charge in [0.15, 0.2) is 15.5 Å². The van der Waals surface area contributed by atoms with Crippen LogP contribution in [0.1, 0.15) is 40.4 Å². The van der Waals surface area contributed by atoms with Crippen LogP contribution < -0.4 is 0 Å². The van der Waals surface area contributed by atoms with Gasteiger partial charge in [-0.3, -0.25) is 4.68 Å². The highest BCUT2D eigenvalue weighted by molar-refractivity contribution is 7.91. The topological polar surface area (TPSA) is 105 Å². The Hall–Kier alpha value is -1.90. The van der Waals surface area contributed by atoms with E-state index in [1.165, 1.54) is 13.8 Å². The zero-order valence-corrected chi connectivity index (χ0v) is 12.3. The van der Waals surface area contributed by atoms with Crippen molar-refractivity contribution in [1.29, 1.82) is 0 Å². The highest BCUT2D eigenvalue weighted by Gasteiger charge is 2.50. The van der Waals surface area contributed by atoms with Gasteiger partial charge in [-0.15, -0.1) is 0 Å². The molecule has 20 heavy (non-hydrogen) atoms. The number of sulfone groups is 1. The lowest BCUT2D eigenvalue weighted by atomic mass is 10.0. The normalized spacial score (nSPS) is 18.4. The third-order valence-electron chi connectivity index (χ3n) is 3.36. The molecule has 8 nitrogen and oxygen atoms in total. The fourth-order valence-electron chi connectivity index (χ4n) is 2.17. The lowest BCUT2D eigenvalue weighted by Crippen LogP contribution is -2.27. The van der Waals surface area contributed by atoms with E-state index >= 15 is 0 Å². The van der Waals surface area contributed by atoms with Gasteiger partial charge in [-0.2, -0.15) is 5.10 Å². The van der Waals surface area contributed by atoms with Crippen LogP contribution in [0.3, 0.4) is 0 Å². The number of carbonyl (C=O) groups is 2. The number of carbonyl (C=O) groups excluding carboxylic acids is 2. The van der Waals surface area contributed by atoms with Gasteiger partial charge in [-0.25, -0.2) is 18.0 Å². The zero-order valence-electron chi connectivity index (χ0n) is 11.5. The van der Waals surface area contributed by atoms with Crippen LogP contribution in [-0.4, -0.2) is 44.4 Å². The molecule has 0 radical (unpaired) electrons. The molecule has 1 aliphatic heterocycles. The lowest BCUT2D eigenvalue weighted by Gasteiger charge is -2.17. The van der Waals surface area contributed by atoms with Gasteiger partial charge >= 0.3 is 11.9 Å². The smallest absolute Gasteiger partial charge is 0.359 e. The second kappa shape index (κ2) is 4.30. The summed E-state index contributed by atoms with van der Waals surface area (Å²) in [5.74, 6) is -2.03. The van der Waals surface area contributed by atoms with Crippen LogP contribution in [0.2, 0.25) is 0 Å². The number of fused-ring (bicyclic) bond motifs is 1. The van der Waals surface area contributed by atoms with Crippen molar-refractivity contribution in [2.24, 2.45) is 0 Å². The molecule has 1 aromatic heterocycles. The summed E-state index contributed by atoms with van der Waals surface area (Å²) in [5, 5.41) is 3.88. The van der Waals surface area contributed by atoms with Gasteiger partial charge < -0.3 is 9.47 Å². The van der Waals surface area contributed by atoms with Gasteiger partial charge in [-0.1, -0.05) is 0 Å². The van der Waals surface area contributed by atoms with Crippen molar-refractivity contribution < 1.29 is 27.5 Å². The summed E-state index contributed by atoms with van der Waals surface area (Å²) < 4.78 is 33.1. The third-order valence-corrected chi connectivity index (χ3v) is 5.69. The molecule has 0 N–H and O–H groups in total. The second-order valence-electron chi connectivity index (χ2n) is 4.81. The summed E-state index contributed by atoms with van der Waals surface area (Å²) in [6.07, 6.45) is 0. The number of aromatic nitrogens is 2. The van der Waals surface area contributed by atoms with E-state index in [1.54, 1.807) is 0 Å². The maximum absolute atomic E-state index is 12.1. The van der Waals surface area contributed by atoms with Gasteiger partial charge in [0, 0.05) is 0 Å². The number of methoxy groups -OCH3 is 2. The number of hydrogen-bond acceptors (Lipinski definition) is 7. The van der Waals surface area contributed by atoms with Crippen LogP contribution in [0.4, 0.5) is 0 Å². The van der Waals surface area contributed by atoms with E-state index in [0.29, 0.717) is 0 Å². The van der Waals surface area contributed by atoms with Crippen LogP contribution in [0.25, 0.3) is 0 Å². The zero-order chi connectivity index (χ0) is 15.3. The largest absolute Gasteiger partial charge is 0.465 e. The quantitative estimate of drug-likeness (QED) is 0.712. The molecule has 1 aromatic rings. The van der Waals surface area contributed by atoms with Crippen LogP contribution in [0.5, 0.6) is 0 Å². The van der Waals surface area contributed by atoms with E-state index in [-0.39, 0.29) is 17.0 Å². The molecule has 0 aliphatic carbocycles. The van der Waals surface area contributed by atoms with Gasteiger partial charge in [-0.05, 0) is 13.8 Å². The van der Waals surface area contributed by atoms with Crippen LogP contribution in [-0.2, 0) is 29.9 Å². The summed E-state index contributed by atoms with van der Waals surface area (Å²) in [5.41, 5.74) is -0.257. The standard InChI is InChI=1S/C11H14N2O6S/c1-11(2)8-6(9(14)18-3)7(10(15)19-4)12-13(8)5-20(11,16)17/h5H2,1-4H3. The first-order valence-corrected chi connectivity index (χ1v) is 7.32. The highest BCUT2D eigenvalue weighted by Crippen LogP contribution is 2.40. The predicted molar refractivity (Wildman–Crippen MR) is 66.9 cm³/mol. The van der Waals surface area contributed by atoms with E-state index in [9.17, 15) is 18.0 Å². The molecular weight excluding hydrogens is 288 g/mol. The molecule has 0 fully saturated rings. The first-order chi connectivity index (χ1) is 9.17. The first-order valence-electron chi connectivity index (χ1n) is 5.67. The van der Waals surface area contributed by atoms with E-state index in [2.05, 4.69) is 14.6 Å². The van der Waals surface area contributed by atoms with Gasteiger partial charge in [0.2, 0.25) is 0 Å². The Bertz CT molecular complexity index is 701. The maximum Gasteiger partial charge on any atom is 0.359 e. The molecule has 9 heteroatoms. The van der Waals surface area contributed by atoms with E-state index < -0.39 is 32.4 Å². The van der Waals surface area contributed by atoms with Crippen molar-refractivity contribution >= 4 is 21.8 Å².